The Hall–Kier alpha value is -2.96. The van der Waals surface area contributed by atoms with Gasteiger partial charge in [0.2, 0.25) is 5.91 Å². The third-order valence-corrected chi connectivity index (χ3v) is 5.09. The van der Waals surface area contributed by atoms with E-state index < -0.39 is 28.5 Å². The highest BCUT2D eigenvalue weighted by Crippen LogP contribution is 2.31. The molecular weight excluding hydrogens is 390 g/mol. The Morgan fingerprint density at radius 1 is 1.25 bits per heavy atom. The number of nitrogens with zero attached hydrogens (tertiary/aromatic N) is 4. The number of carbonyl (C=O) groups excluding carboxylic acids is 2. The molecule has 2 aliphatic rings. The van der Waals surface area contributed by atoms with Crippen LogP contribution in [-0.4, -0.2) is 63.1 Å². The molecule has 2 saturated heterocycles. The van der Waals surface area contributed by atoms with E-state index >= 15 is 0 Å². The molecule has 12 heteroatoms. The zero-order chi connectivity index (χ0) is 19.9. The van der Waals surface area contributed by atoms with Crippen molar-refractivity contribution in [3.8, 4) is 5.69 Å². The van der Waals surface area contributed by atoms with Gasteiger partial charge in [0.15, 0.2) is 0 Å². The maximum absolute atomic E-state index is 12.7. The van der Waals surface area contributed by atoms with Gasteiger partial charge in [0.25, 0.3) is 0 Å². The Morgan fingerprint density at radius 3 is 2.64 bits per heavy atom. The number of rotatable bonds is 5. The van der Waals surface area contributed by atoms with Gasteiger partial charge in [0.05, 0.1) is 12.4 Å². The number of anilines is 1. The fourth-order valence-electron chi connectivity index (χ4n) is 3.46. The topological polar surface area (TPSA) is 134 Å². The number of piperidine rings is 1. The van der Waals surface area contributed by atoms with Crippen molar-refractivity contribution in [3.05, 3.63) is 43.0 Å². The van der Waals surface area contributed by atoms with Crippen LogP contribution in [0.15, 0.2) is 43.0 Å². The van der Waals surface area contributed by atoms with Crippen LogP contribution in [0.5, 0.6) is 0 Å². The number of hydrogen-bond donors (Lipinski definition) is 2. The summed E-state index contributed by atoms with van der Waals surface area (Å²) in [5.41, 5.74) is 1.44. The Morgan fingerprint density at radius 2 is 2.00 bits per heavy atom. The van der Waals surface area contributed by atoms with Crippen molar-refractivity contribution in [2.24, 2.45) is 0 Å². The van der Waals surface area contributed by atoms with E-state index in [2.05, 4.69) is 14.6 Å². The zero-order valence-electron chi connectivity index (χ0n) is 14.5. The van der Waals surface area contributed by atoms with Crippen LogP contribution in [-0.2, 0) is 19.5 Å². The molecule has 0 spiro atoms. The Kier molecular flexibility index (Phi) is 4.53. The number of urea groups is 1. The molecule has 0 aliphatic carbocycles. The minimum Gasteiger partial charge on any atom is -0.324 e. The number of fused-ring (bicyclic) bond motifs is 2. The van der Waals surface area contributed by atoms with Crippen molar-refractivity contribution in [1.82, 2.24) is 19.5 Å². The highest BCUT2D eigenvalue weighted by atomic mass is 32.3. The summed E-state index contributed by atoms with van der Waals surface area (Å²) in [4.78, 5) is 30.3. The third kappa shape index (κ3) is 3.56. The molecule has 28 heavy (non-hydrogen) atoms. The monoisotopic (exact) mass is 407 g/mol. The van der Waals surface area contributed by atoms with Gasteiger partial charge in [-0.25, -0.2) is 9.78 Å². The van der Waals surface area contributed by atoms with E-state index in [1.807, 2.05) is 16.7 Å². The van der Waals surface area contributed by atoms with Gasteiger partial charge >= 0.3 is 16.4 Å². The van der Waals surface area contributed by atoms with Gasteiger partial charge in [-0.15, -0.1) is 4.28 Å². The van der Waals surface area contributed by atoms with E-state index in [4.69, 9.17) is 4.55 Å². The standard InChI is InChI=1S/C16H17N5O6S/c22-15(18-11-1-3-12(4-2-11)19-8-7-17-10-19)14-6-5-13-9-20(14)16(23)21(13)27-28(24,25)26/h1-4,7-8,10,13-14H,5-6,9H2,(H,18,22)(H,24,25,26)/t13-,14+/m1/s1. The molecule has 3 heterocycles. The summed E-state index contributed by atoms with van der Waals surface area (Å²) in [6.45, 7) is 0.145. The average Bonchev–Trinajstić information content (AvgIpc) is 3.26. The van der Waals surface area contributed by atoms with Gasteiger partial charge in [0, 0.05) is 30.3 Å². The van der Waals surface area contributed by atoms with Gasteiger partial charge in [-0.3, -0.25) is 9.35 Å². The molecule has 1 aromatic carbocycles. The number of hydroxylamine groups is 2. The van der Waals surface area contributed by atoms with Crippen molar-refractivity contribution in [2.75, 3.05) is 11.9 Å². The van der Waals surface area contributed by atoms with E-state index in [9.17, 15) is 18.0 Å². The first-order valence-electron chi connectivity index (χ1n) is 8.48. The van der Waals surface area contributed by atoms with Crippen molar-refractivity contribution >= 4 is 28.0 Å². The summed E-state index contributed by atoms with van der Waals surface area (Å²) in [5, 5.41) is 3.38. The van der Waals surface area contributed by atoms with Gasteiger partial charge in [-0.1, -0.05) is 0 Å². The molecule has 2 N–H and O–H groups in total. The lowest BCUT2D eigenvalue weighted by Crippen LogP contribution is -2.47. The quantitative estimate of drug-likeness (QED) is 0.701. The minimum atomic E-state index is -4.82. The lowest BCUT2D eigenvalue weighted by molar-refractivity contribution is -0.120. The number of carbonyl (C=O) groups is 2. The van der Waals surface area contributed by atoms with E-state index in [0.717, 1.165) is 5.69 Å². The van der Waals surface area contributed by atoms with Crippen molar-refractivity contribution in [2.45, 2.75) is 24.9 Å². The lowest BCUT2D eigenvalue weighted by Gasteiger charge is -2.29. The fourth-order valence-corrected chi connectivity index (χ4v) is 3.85. The minimum absolute atomic E-state index is 0.145. The van der Waals surface area contributed by atoms with Crippen molar-refractivity contribution in [1.29, 1.82) is 0 Å². The van der Waals surface area contributed by atoms with E-state index in [0.29, 0.717) is 23.6 Å². The van der Waals surface area contributed by atoms with Gasteiger partial charge in [0.1, 0.15) is 6.04 Å². The number of nitrogens with one attached hydrogen (secondary N) is 1. The lowest BCUT2D eigenvalue weighted by atomic mass is 10.0. The number of amides is 3. The van der Waals surface area contributed by atoms with Crippen molar-refractivity contribution < 1.29 is 26.8 Å². The number of aromatic nitrogens is 2. The molecule has 2 aromatic rings. The fraction of sp³-hybridized carbons (Fsp3) is 0.312. The first-order valence-corrected chi connectivity index (χ1v) is 9.84. The first kappa shape index (κ1) is 18.4. The molecule has 2 fully saturated rings. The zero-order valence-corrected chi connectivity index (χ0v) is 15.3. The molecule has 1 aromatic heterocycles. The molecule has 2 bridgehead atoms. The van der Waals surface area contributed by atoms with E-state index in [1.54, 1.807) is 30.9 Å². The molecule has 148 valence electrons. The van der Waals surface area contributed by atoms with Crippen LogP contribution in [0, 0.1) is 0 Å². The molecule has 4 rings (SSSR count). The third-order valence-electron chi connectivity index (χ3n) is 4.74. The second kappa shape index (κ2) is 6.89. The highest BCUT2D eigenvalue weighted by Gasteiger charge is 2.49. The molecule has 0 radical (unpaired) electrons. The van der Waals surface area contributed by atoms with Crippen LogP contribution in [0.3, 0.4) is 0 Å². The molecule has 0 saturated carbocycles. The summed E-state index contributed by atoms with van der Waals surface area (Å²) in [7, 11) is -4.82. The largest absolute Gasteiger partial charge is 0.418 e. The maximum Gasteiger partial charge on any atom is 0.418 e. The number of benzene rings is 1. The predicted octanol–water partition coefficient (Wildman–Crippen LogP) is 0.814. The van der Waals surface area contributed by atoms with Gasteiger partial charge in [-0.05, 0) is 37.1 Å². The van der Waals surface area contributed by atoms with Crippen molar-refractivity contribution in [3.63, 3.8) is 0 Å². The van der Waals surface area contributed by atoms with E-state index in [-0.39, 0.29) is 12.5 Å². The normalized spacial score (nSPS) is 21.8. The van der Waals surface area contributed by atoms with Crippen LogP contribution in [0.4, 0.5) is 10.5 Å². The number of hydrogen-bond acceptors (Lipinski definition) is 6. The molecular formula is C16H17N5O6S. The summed E-state index contributed by atoms with van der Waals surface area (Å²) < 4.78 is 36.9. The highest BCUT2D eigenvalue weighted by molar-refractivity contribution is 7.80. The van der Waals surface area contributed by atoms with Crippen LogP contribution in [0.25, 0.3) is 5.69 Å². The Balaban J connectivity index is 1.44. The Bertz CT molecular complexity index is 991. The molecule has 2 aliphatic heterocycles. The predicted molar refractivity (Wildman–Crippen MR) is 95.6 cm³/mol. The smallest absolute Gasteiger partial charge is 0.324 e. The van der Waals surface area contributed by atoms with Crippen LogP contribution < -0.4 is 5.32 Å². The SMILES string of the molecule is O=C(Nc1ccc(-n2ccnc2)cc1)[C@@H]1CC[C@@H]2CN1C(=O)N2OS(=O)(=O)O. The molecule has 3 amide bonds. The average molecular weight is 407 g/mol. The second-order valence-electron chi connectivity index (χ2n) is 6.52. The van der Waals surface area contributed by atoms with Gasteiger partial charge < -0.3 is 14.8 Å². The molecule has 2 atom stereocenters. The maximum atomic E-state index is 12.7. The van der Waals surface area contributed by atoms with E-state index in [1.165, 1.54) is 4.90 Å². The van der Waals surface area contributed by atoms with Crippen LogP contribution in [0.1, 0.15) is 12.8 Å². The Labute approximate surface area is 160 Å². The summed E-state index contributed by atoms with van der Waals surface area (Å²) in [5.74, 6) is -0.379. The molecule has 0 unspecified atom stereocenters. The summed E-state index contributed by atoms with van der Waals surface area (Å²) in [6, 6.07) is 5.04. The summed E-state index contributed by atoms with van der Waals surface area (Å²) >= 11 is 0. The number of imidazole rings is 1. The first-order chi connectivity index (χ1) is 13.3. The summed E-state index contributed by atoms with van der Waals surface area (Å²) in [6.07, 6.45) is 5.83. The molecule has 11 nitrogen and oxygen atoms in total. The second-order valence-corrected chi connectivity index (χ2v) is 7.52. The van der Waals surface area contributed by atoms with Crippen LogP contribution >= 0.6 is 0 Å². The van der Waals surface area contributed by atoms with Crippen LogP contribution in [0.2, 0.25) is 0 Å². The van der Waals surface area contributed by atoms with Gasteiger partial charge in [-0.2, -0.15) is 13.5 Å².